The van der Waals surface area contributed by atoms with E-state index in [1.165, 1.54) is 12.1 Å². The lowest BCUT2D eigenvalue weighted by Gasteiger charge is -2.38. The molecule has 2 aromatic carbocycles. The summed E-state index contributed by atoms with van der Waals surface area (Å²) in [7, 11) is 0. The van der Waals surface area contributed by atoms with Crippen molar-refractivity contribution in [3.8, 4) is 5.69 Å². The summed E-state index contributed by atoms with van der Waals surface area (Å²) < 4.78 is 15.6. The van der Waals surface area contributed by atoms with E-state index < -0.39 is 0 Å². The van der Waals surface area contributed by atoms with E-state index in [-0.39, 0.29) is 29.7 Å². The summed E-state index contributed by atoms with van der Waals surface area (Å²) in [5, 5.41) is 0. The molecule has 1 aliphatic heterocycles. The molecule has 32 heavy (non-hydrogen) atoms. The molecule has 2 heterocycles. The first-order valence-electron chi connectivity index (χ1n) is 11.6. The first-order valence-corrected chi connectivity index (χ1v) is 11.6. The molecule has 0 saturated carbocycles. The fourth-order valence-electron chi connectivity index (χ4n) is 4.98. The van der Waals surface area contributed by atoms with Crippen molar-refractivity contribution < 1.29 is 9.18 Å². The van der Waals surface area contributed by atoms with E-state index in [1.54, 1.807) is 12.1 Å². The number of fused-ring (bicyclic) bond motifs is 1. The van der Waals surface area contributed by atoms with Crippen LogP contribution in [-0.2, 0) is 11.3 Å². The number of piperidine rings is 1. The molecule has 1 aliphatic rings. The average Bonchev–Trinajstić information content (AvgIpc) is 3.12. The molecule has 1 fully saturated rings. The molecular weight excluding hydrogens is 403 g/mol. The number of carbonyl (C=O) groups is 1. The highest BCUT2D eigenvalue weighted by Crippen LogP contribution is 2.26. The fraction of sp³-hybridized carbons (Fsp3) is 0.462. The van der Waals surface area contributed by atoms with E-state index in [2.05, 4.69) is 37.2 Å². The van der Waals surface area contributed by atoms with Gasteiger partial charge in [0.05, 0.1) is 23.5 Å². The maximum Gasteiger partial charge on any atom is 0.227 e. The van der Waals surface area contributed by atoms with Crippen LogP contribution in [0.2, 0.25) is 0 Å². The molecule has 0 unspecified atom stereocenters. The monoisotopic (exact) mass is 436 g/mol. The largest absolute Gasteiger partial charge is 0.338 e. The van der Waals surface area contributed by atoms with Crippen LogP contribution in [0.4, 0.5) is 4.39 Å². The molecule has 0 bridgehead atoms. The lowest BCUT2D eigenvalue weighted by Crippen LogP contribution is -2.49. The summed E-state index contributed by atoms with van der Waals surface area (Å²) in [4.78, 5) is 22.5. The molecule has 3 aromatic rings. The molecular formula is C26H33FN4O. The smallest absolute Gasteiger partial charge is 0.227 e. The molecule has 0 N–H and O–H groups in total. The number of hydrogen-bond donors (Lipinski definition) is 0. The van der Waals surface area contributed by atoms with Gasteiger partial charge in [0.2, 0.25) is 5.91 Å². The Morgan fingerprint density at radius 3 is 2.47 bits per heavy atom. The van der Waals surface area contributed by atoms with Crippen LogP contribution in [0, 0.1) is 11.7 Å². The van der Waals surface area contributed by atoms with Crippen molar-refractivity contribution in [2.75, 3.05) is 13.1 Å². The van der Waals surface area contributed by atoms with Crippen molar-refractivity contribution in [2.45, 2.75) is 59.2 Å². The second kappa shape index (κ2) is 9.41. The highest BCUT2D eigenvalue weighted by molar-refractivity contribution is 5.80. The molecule has 1 amide bonds. The Balaban J connectivity index is 1.60. The van der Waals surface area contributed by atoms with Gasteiger partial charge in [0, 0.05) is 24.3 Å². The first kappa shape index (κ1) is 22.5. The van der Waals surface area contributed by atoms with Crippen molar-refractivity contribution in [3.05, 3.63) is 60.2 Å². The minimum atomic E-state index is -0.253. The van der Waals surface area contributed by atoms with Crippen LogP contribution in [0.1, 0.15) is 46.4 Å². The molecule has 4 rings (SSSR count). The van der Waals surface area contributed by atoms with Gasteiger partial charge < -0.3 is 4.90 Å². The Labute approximate surface area is 189 Å². The van der Waals surface area contributed by atoms with E-state index in [0.717, 1.165) is 48.5 Å². The zero-order valence-electron chi connectivity index (χ0n) is 19.5. The van der Waals surface area contributed by atoms with E-state index in [0.29, 0.717) is 6.54 Å². The van der Waals surface area contributed by atoms with Gasteiger partial charge in [0.25, 0.3) is 0 Å². The van der Waals surface area contributed by atoms with Gasteiger partial charge in [0.15, 0.2) is 0 Å². The molecule has 170 valence electrons. The number of carbonyl (C=O) groups excluding carboxylic acids is 1. The summed E-state index contributed by atoms with van der Waals surface area (Å²) in [5.41, 5.74) is 2.82. The van der Waals surface area contributed by atoms with Gasteiger partial charge in [-0.05, 0) is 83.5 Å². The van der Waals surface area contributed by atoms with Gasteiger partial charge in [0.1, 0.15) is 11.6 Å². The third-order valence-electron chi connectivity index (χ3n) is 6.30. The van der Waals surface area contributed by atoms with E-state index in [1.807, 2.05) is 29.2 Å². The van der Waals surface area contributed by atoms with Gasteiger partial charge >= 0.3 is 0 Å². The average molecular weight is 437 g/mol. The van der Waals surface area contributed by atoms with Crippen molar-refractivity contribution in [1.29, 1.82) is 0 Å². The molecule has 0 radical (unpaired) electrons. The summed E-state index contributed by atoms with van der Waals surface area (Å²) in [5.74, 6) is 0.927. The lowest BCUT2D eigenvalue weighted by molar-refractivity contribution is -0.141. The molecule has 5 nitrogen and oxygen atoms in total. The number of benzene rings is 2. The minimum Gasteiger partial charge on any atom is -0.338 e. The normalized spacial score (nSPS) is 17.4. The standard InChI is InChI=1S/C26H33FN4O/c1-18(2)30(19(3)4)26(32)20-8-7-15-29(16-20)17-25-28-23-9-5-6-10-24(23)31(25)22-13-11-21(27)12-14-22/h5-6,9-14,18-20H,7-8,15-17H2,1-4H3/t20-/m0/s1. The Kier molecular flexibility index (Phi) is 6.60. The first-order chi connectivity index (χ1) is 15.3. The van der Waals surface area contributed by atoms with Crippen molar-refractivity contribution in [1.82, 2.24) is 19.4 Å². The summed E-state index contributed by atoms with van der Waals surface area (Å²) in [6.07, 6.45) is 1.93. The van der Waals surface area contributed by atoms with Gasteiger partial charge in [-0.2, -0.15) is 0 Å². The topological polar surface area (TPSA) is 41.4 Å². The maximum atomic E-state index is 13.5. The van der Waals surface area contributed by atoms with E-state index in [4.69, 9.17) is 4.98 Å². The van der Waals surface area contributed by atoms with Gasteiger partial charge in [-0.3, -0.25) is 14.3 Å². The van der Waals surface area contributed by atoms with Crippen LogP contribution in [-0.4, -0.2) is 50.4 Å². The van der Waals surface area contributed by atoms with E-state index in [9.17, 15) is 9.18 Å². The quantitative estimate of drug-likeness (QED) is 0.545. The number of aromatic nitrogens is 2. The van der Waals surface area contributed by atoms with Crippen molar-refractivity contribution in [3.63, 3.8) is 0 Å². The number of rotatable bonds is 6. The Morgan fingerprint density at radius 2 is 1.78 bits per heavy atom. The number of amides is 1. The highest BCUT2D eigenvalue weighted by atomic mass is 19.1. The fourth-order valence-corrected chi connectivity index (χ4v) is 4.98. The zero-order valence-corrected chi connectivity index (χ0v) is 19.5. The third-order valence-corrected chi connectivity index (χ3v) is 6.30. The maximum absolute atomic E-state index is 13.5. The van der Waals surface area contributed by atoms with Gasteiger partial charge in [-0.15, -0.1) is 0 Å². The number of halogens is 1. The Hall–Kier alpha value is -2.73. The number of para-hydroxylation sites is 2. The van der Waals surface area contributed by atoms with Gasteiger partial charge in [-0.1, -0.05) is 12.1 Å². The minimum absolute atomic E-state index is 0.0113. The number of nitrogens with zero attached hydrogens (tertiary/aromatic N) is 4. The third kappa shape index (κ3) is 4.56. The van der Waals surface area contributed by atoms with Crippen LogP contribution in [0.15, 0.2) is 48.5 Å². The van der Waals surface area contributed by atoms with Crippen LogP contribution in [0.3, 0.4) is 0 Å². The van der Waals surface area contributed by atoms with E-state index >= 15 is 0 Å². The van der Waals surface area contributed by atoms with Gasteiger partial charge in [-0.25, -0.2) is 9.37 Å². The summed E-state index contributed by atoms with van der Waals surface area (Å²) in [6.45, 7) is 10.7. The molecule has 0 aliphatic carbocycles. The predicted octanol–water partition coefficient (Wildman–Crippen LogP) is 5.02. The predicted molar refractivity (Wildman–Crippen MR) is 126 cm³/mol. The number of likely N-dealkylation sites (tertiary alicyclic amines) is 1. The second-order valence-corrected chi connectivity index (χ2v) is 9.34. The number of imidazole rings is 1. The molecule has 1 aromatic heterocycles. The van der Waals surface area contributed by atoms with Crippen molar-refractivity contribution in [2.24, 2.45) is 5.92 Å². The molecule has 0 spiro atoms. The SMILES string of the molecule is CC(C)N(C(=O)[C@H]1CCCN(Cc2nc3ccccc3n2-c2ccc(F)cc2)C1)C(C)C. The highest BCUT2D eigenvalue weighted by Gasteiger charge is 2.32. The van der Waals surface area contributed by atoms with Crippen LogP contribution in [0.5, 0.6) is 0 Å². The van der Waals surface area contributed by atoms with Crippen LogP contribution in [0.25, 0.3) is 16.7 Å². The Bertz CT molecular complexity index is 1070. The zero-order chi connectivity index (χ0) is 22.8. The van der Waals surface area contributed by atoms with Crippen LogP contribution < -0.4 is 0 Å². The van der Waals surface area contributed by atoms with Crippen LogP contribution >= 0.6 is 0 Å². The summed E-state index contributed by atoms with van der Waals surface area (Å²) >= 11 is 0. The second-order valence-electron chi connectivity index (χ2n) is 9.34. The lowest BCUT2D eigenvalue weighted by atomic mass is 9.95. The molecule has 6 heteroatoms. The number of hydrogen-bond acceptors (Lipinski definition) is 3. The Morgan fingerprint density at radius 1 is 1.09 bits per heavy atom. The van der Waals surface area contributed by atoms with Crippen molar-refractivity contribution >= 4 is 16.9 Å². The molecule has 1 atom stereocenters. The summed E-state index contributed by atoms with van der Waals surface area (Å²) in [6, 6.07) is 15.0. The molecule has 1 saturated heterocycles.